The molecular weight excluding hydrogens is 491 g/mol. The highest BCUT2D eigenvalue weighted by molar-refractivity contribution is 14.1. The Balaban J connectivity index is 2.31. The van der Waals surface area contributed by atoms with E-state index in [4.69, 9.17) is 21.1 Å². The summed E-state index contributed by atoms with van der Waals surface area (Å²) < 4.78 is 11.8. The number of carbonyl (C=O) groups excluding carboxylic acids is 1. The Morgan fingerprint density at radius 3 is 2.75 bits per heavy atom. The Morgan fingerprint density at radius 1 is 1.39 bits per heavy atom. The first-order valence-corrected chi connectivity index (χ1v) is 9.65. The molecule has 0 aliphatic rings. The summed E-state index contributed by atoms with van der Waals surface area (Å²) in [7, 11) is 1.53. The average Bonchev–Trinajstić information content (AvgIpc) is 2.67. The number of aryl methyl sites for hydroxylation is 1. The van der Waals surface area contributed by atoms with Crippen LogP contribution in [0.3, 0.4) is 0 Å². The predicted octanol–water partition coefficient (Wildman–Crippen LogP) is 5.37. The number of hydrogen-bond donors (Lipinski definition) is 1. The van der Waals surface area contributed by atoms with Gasteiger partial charge in [0.1, 0.15) is 18.2 Å². The van der Waals surface area contributed by atoms with Crippen molar-refractivity contribution >= 4 is 51.9 Å². The van der Waals surface area contributed by atoms with Gasteiger partial charge in [0.2, 0.25) is 0 Å². The van der Waals surface area contributed by atoms with Gasteiger partial charge in [-0.15, -0.1) is 0 Å². The number of halogens is 2. The van der Waals surface area contributed by atoms with Crippen LogP contribution in [-0.4, -0.2) is 19.6 Å². The number of ether oxygens (including phenoxy) is 2. The third kappa shape index (κ3) is 5.50. The van der Waals surface area contributed by atoms with Gasteiger partial charge in [0, 0.05) is 10.7 Å². The number of amides is 1. The summed E-state index contributed by atoms with van der Waals surface area (Å²) in [5.74, 6) is 0.559. The van der Waals surface area contributed by atoms with E-state index in [0.29, 0.717) is 34.4 Å². The van der Waals surface area contributed by atoms with Crippen LogP contribution in [0, 0.1) is 21.8 Å². The van der Waals surface area contributed by atoms with Crippen LogP contribution in [0.1, 0.15) is 11.1 Å². The summed E-state index contributed by atoms with van der Waals surface area (Å²) in [6.07, 6.45) is 3.13. The number of nitriles is 1. The zero-order valence-electron chi connectivity index (χ0n) is 15.4. The minimum atomic E-state index is -0.525. The molecule has 0 unspecified atom stereocenters. The summed E-state index contributed by atoms with van der Waals surface area (Å²) in [4.78, 5) is 12.5. The van der Waals surface area contributed by atoms with E-state index in [1.165, 1.54) is 13.2 Å². The molecule has 2 aromatic rings. The smallest absolute Gasteiger partial charge is 0.266 e. The van der Waals surface area contributed by atoms with Crippen molar-refractivity contribution in [1.82, 2.24) is 0 Å². The van der Waals surface area contributed by atoms with Crippen LogP contribution < -0.4 is 14.8 Å². The number of hydrogen-bond acceptors (Lipinski definition) is 4. The summed E-state index contributed by atoms with van der Waals surface area (Å²) in [5, 5.41) is 12.6. The van der Waals surface area contributed by atoms with Crippen LogP contribution in [-0.2, 0) is 4.79 Å². The second-order valence-corrected chi connectivity index (χ2v) is 7.29. The summed E-state index contributed by atoms with van der Waals surface area (Å²) in [6, 6.07) is 10.6. The fraction of sp³-hybridized carbons (Fsp3) is 0.143. The van der Waals surface area contributed by atoms with Crippen molar-refractivity contribution in [2.24, 2.45) is 0 Å². The number of anilines is 1. The van der Waals surface area contributed by atoms with Crippen LogP contribution in [0.5, 0.6) is 11.5 Å². The molecule has 1 N–H and O–H groups in total. The normalized spacial score (nSPS) is 10.8. The van der Waals surface area contributed by atoms with Gasteiger partial charge in [0.05, 0.1) is 10.7 Å². The quantitative estimate of drug-likeness (QED) is 0.236. The van der Waals surface area contributed by atoms with E-state index in [2.05, 4.69) is 34.5 Å². The maximum Gasteiger partial charge on any atom is 0.266 e. The topological polar surface area (TPSA) is 71.3 Å². The Morgan fingerprint density at radius 2 is 2.14 bits per heavy atom. The van der Waals surface area contributed by atoms with Gasteiger partial charge in [-0.05, 0) is 71.0 Å². The first kappa shape index (κ1) is 21.8. The van der Waals surface area contributed by atoms with E-state index in [1.54, 1.807) is 36.4 Å². The summed E-state index contributed by atoms with van der Waals surface area (Å²) in [5.41, 5.74) is 2.01. The molecule has 0 spiro atoms. The van der Waals surface area contributed by atoms with Crippen LogP contribution in [0.25, 0.3) is 6.08 Å². The van der Waals surface area contributed by atoms with Gasteiger partial charge >= 0.3 is 0 Å². The molecule has 0 aromatic heterocycles. The second-order valence-electron chi connectivity index (χ2n) is 5.72. The van der Waals surface area contributed by atoms with E-state index in [9.17, 15) is 10.1 Å². The van der Waals surface area contributed by atoms with Gasteiger partial charge in [-0.3, -0.25) is 4.79 Å². The van der Waals surface area contributed by atoms with E-state index >= 15 is 0 Å². The highest BCUT2D eigenvalue weighted by Gasteiger charge is 2.14. The molecule has 144 valence electrons. The molecule has 1 amide bonds. The largest absolute Gasteiger partial charge is 0.493 e. The highest BCUT2D eigenvalue weighted by atomic mass is 127. The Kier molecular flexibility index (Phi) is 7.91. The summed E-state index contributed by atoms with van der Waals surface area (Å²) in [6.45, 7) is 5.83. The number of rotatable bonds is 7. The third-order valence-corrected chi connectivity index (χ3v) is 4.91. The van der Waals surface area contributed by atoms with E-state index in [0.717, 1.165) is 9.13 Å². The standard InChI is InChI=1S/C21H18ClIN2O3/c1-4-7-28-20-18(23)9-14(10-19(20)27-3)8-15(12-24)21(26)25-16-6-5-13(2)17(22)11-16/h4-6,8-11H,1,7H2,2-3H3,(H,25,26)/b15-8+. The molecule has 0 aliphatic carbocycles. The minimum Gasteiger partial charge on any atom is -0.493 e. The lowest BCUT2D eigenvalue weighted by Crippen LogP contribution is -2.13. The van der Waals surface area contributed by atoms with Crippen molar-refractivity contribution in [2.45, 2.75) is 6.92 Å². The maximum absolute atomic E-state index is 12.5. The lowest BCUT2D eigenvalue weighted by molar-refractivity contribution is -0.112. The first-order valence-electron chi connectivity index (χ1n) is 8.20. The van der Waals surface area contributed by atoms with Crippen LogP contribution in [0.15, 0.2) is 48.6 Å². The van der Waals surface area contributed by atoms with Crippen molar-refractivity contribution < 1.29 is 14.3 Å². The Hall–Kier alpha value is -2.50. The molecule has 0 heterocycles. The van der Waals surface area contributed by atoms with E-state index in [1.807, 2.05) is 13.0 Å². The van der Waals surface area contributed by atoms with Gasteiger partial charge in [0.25, 0.3) is 5.91 Å². The fourth-order valence-electron chi connectivity index (χ4n) is 2.29. The molecule has 28 heavy (non-hydrogen) atoms. The van der Waals surface area contributed by atoms with Crippen molar-refractivity contribution in [2.75, 3.05) is 19.0 Å². The minimum absolute atomic E-state index is 0.0469. The second kappa shape index (κ2) is 10.2. The van der Waals surface area contributed by atoms with E-state index in [-0.39, 0.29) is 5.57 Å². The number of nitrogens with one attached hydrogen (secondary N) is 1. The third-order valence-electron chi connectivity index (χ3n) is 3.70. The van der Waals surface area contributed by atoms with Crippen LogP contribution >= 0.6 is 34.2 Å². The molecule has 2 aromatic carbocycles. The lowest BCUT2D eigenvalue weighted by Gasteiger charge is -2.12. The average molecular weight is 509 g/mol. The molecule has 7 heteroatoms. The summed E-state index contributed by atoms with van der Waals surface area (Å²) >= 11 is 8.19. The molecule has 0 saturated carbocycles. The highest BCUT2D eigenvalue weighted by Crippen LogP contribution is 2.34. The molecule has 0 atom stereocenters. The van der Waals surface area contributed by atoms with Crippen molar-refractivity contribution in [1.29, 1.82) is 5.26 Å². The van der Waals surface area contributed by atoms with E-state index < -0.39 is 5.91 Å². The monoisotopic (exact) mass is 508 g/mol. The molecule has 0 saturated heterocycles. The SMILES string of the molecule is C=CCOc1c(I)cc(/C=C(\C#N)C(=O)Nc2ccc(C)c(Cl)c2)cc1OC. The molecule has 2 rings (SSSR count). The first-order chi connectivity index (χ1) is 13.4. The van der Waals surface area contributed by atoms with Gasteiger partial charge in [0.15, 0.2) is 11.5 Å². The number of methoxy groups -OCH3 is 1. The van der Waals surface area contributed by atoms with Gasteiger partial charge < -0.3 is 14.8 Å². The Labute approximate surface area is 182 Å². The number of benzene rings is 2. The molecule has 0 bridgehead atoms. The molecule has 0 radical (unpaired) electrons. The molecule has 5 nitrogen and oxygen atoms in total. The van der Waals surface area contributed by atoms with Crippen molar-refractivity contribution in [3.8, 4) is 17.6 Å². The lowest BCUT2D eigenvalue weighted by atomic mass is 10.1. The number of nitrogens with zero attached hydrogens (tertiary/aromatic N) is 1. The predicted molar refractivity (Wildman–Crippen MR) is 120 cm³/mol. The van der Waals surface area contributed by atoms with Gasteiger partial charge in [-0.1, -0.05) is 30.3 Å². The Bertz CT molecular complexity index is 980. The molecular formula is C21H18ClIN2O3. The zero-order valence-corrected chi connectivity index (χ0v) is 18.3. The van der Waals surface area contributed by atoms with Crippen molar-refractivity contribution in [3.05, 3.63) is 68.3 Å². The molecule has 0 fully saturated rings. The van der Waals surface area contributed by atoms with Crippen molar-refractivity contribution in [3.63, 3.8) is 0 Å². The van der Waals surface area contributed by atoms with Crippen LogP contribution in [0.2, 0.25) is 5.02 Å². The fourth-order valence-corrected chi connectivity index (χ4v) is 3.25. The number of carbonyl (C=O) groups is 1. The van der Waals surface area contributed by atoms with Crippen LogP contribution in [0.4, 0.5) is 5.69 Å². The zero-order chi connectivity index (χ0) is 20.7. The van der Waals surface area contributed by atoms with Gasteiger partial charge in [-0.2, -0.15) is 5.26 Å². The molecule has 0 aliphatic heterocycles. The van der Waals surface area contributed by atoms with Gasteiger partial charge in [-0.25, -0.2) is 0 Å². The maximum atomic E-state index is 12.5.